The summed E-state index contributed by atoms with van der Waals surface area (Å²) in [6, 6.07) is 4.57. The fourth-order valence-corrected chi connectivity index (χ4v) is 2.38. The van der Waals surface area contributed by atoms with Crippen molar-refractivity contribution < 1.29 is 14.5 Å². The average molecular weight is 293 g/mol. The molecule has 7 nitrogen and oxygen atoms in total. The summed E-state index contributed by atoms with van der Waals surface area (Å²) in [6.45, 7) is 2.20. The Kier molecular flexibility index (Phi) is 4.97. The number of likely N-dealkylation sites (tertiary alicyclic amines) is 1. The Morgan fingerprint density at radius 2 is 2.14 bits per heavy atom. The van der Waals surface area contributed by atoms with E-state index in [9.17, 15) is 14.9 Å². The highest BCUT2D eigenvalue weighted by Gasteiger charge is 2.17. The summed E-state index contributed by atoms with van der Waals surface area (Å²) in [6.07, 6.45) is 2.58. The molecule has 0 unspecified atom stereocenters. The number of nitrogens with one attached hydrogen (secondary N) is 1. The lowest BCUT2D eigenvalue weighted by molar-refractivity contribution is -0.385. The molecular formula is C14H19N3O4. The quantitative estimate of drug-likeness (QED) is 0.640. The summed E-state index contributed by atoms with van der Waals surface area (Å²) in [5.41, 5.74) is 0.628. The zero-order valence-corrected chi connectivity index (χ0v) is 12.0. The predicted octanol–water partition coefficient (Wildman–Crippen LogP) is 2.03. The van der Waals surface area contributed by atoms with Crippen molar-refractivity contribution in [2.45, 2.75) is 19.3 Å². The number of ether oxygens (including phenoxy) is 1. The van der Waals surface area contributed by atoms with Gasteiger partial charge in [0.05, 0.1) is 12.0 Å². The molecule has 1 saturated heterocycles. The van der Waals surface area contributed by atoms with Crippen LogP contribution in [0.5, 0.6) is 5.75 Å². The Morgan fingerprint density at radius 3 is 2.76 bits per heavy atom. The van der Waals surface area contributed by atoms with Crippen LogP contribution in [0.2, 0.25) is 0 Å². The van der Waals surface area contributed by atoms with E-state index in [1.54, 1.807) is 12.1 Å². The Labute approximate surface area is 123 Å². The van der Waals surface area contributed by atoms with Crippen LogP contribution in [0.3, 0.4) is 0 Å². The number of anilines is 1. The fourth-order valence-electron chi connectivity index (χ4n) is 2.38. The predicted molar refractivity (Wildman–Crippen MR) is 78.6 cm³/mol. The van der Waals surface area contributed by atoms with Crippen molar-refractivity contribution in [2.75, 3.05) is 32.1 Å². The summed E-state index contributed by atoms with van der Waals surface area (Å²) < 4.78 is 5.00. The largest absolute Gasteiger partial charge is 0.490 e. The molecule has 1 aromatic carbocycles. The lowest BCUT2D eigenvalue weighted by Crippen LogP contribution is -2.29. The van der Waals surface area contributed by atoms with Gasteiger partial charge in [-0.2, -0.15) is 0 Å². The van der Waals surface area contributed by atoms with Gasteiger partial charge in [-0.1, -0.05) is 0 Å². The zero-order valence-electron chi connectivity index (χ0n) is 12.0. The molecule has 0 aliphatic carbocycles. The van der Waals surface area contributed by atoms with Crippen molar-refractivity contribution in [3.8, 4) is 5.75 Å². The van der Waals surface area contributed by atoms with Crippen LogP contribution >= 0.6 is 0 Å². The average Bonchev–Trinajstić information content (AvgIpc) is 3.01. The van der Waals surface area contributed by atoms with Crippen LogP contribution in [0.1, 0.15) is 19.3 Å². The minimum Gasteiger partial charge on any atom is -0.490 e. The Bertz CT molecular complexity index is 527. The molecule has 1 fully saturated rings. The molecule has 21 heavy (non-hydrogen) atoms. The summed E-state index contributed by atoms with van der Waals surface area (Å²) in [5.74, 6) is 0.352. The monoisotopic (exact) mass is 293 g/mol. The summed E-state index contributed by atoms with van der Waals surface area (Å²) in [5, 5.41) is 13.9. The maximum Gasteiger partial charge on any atom is 0.311 e. The molecule has 0 saturated carbocycles. The number of nitro benzene ring substituents is 1. The van der Waals surface area contributed by atoms with E-state index in [0.717, 1.165) is 25.9 Å². The lowest BCUT2D eigenvalue weighted by Gasteiger charge is -2.15. The number of nitro groups is 1. The van der Waals surface area contributed by atoms with Gasteiger partial charge in [-0.3, -0.25) is 14.9 Å². The van der Waals surface area contributed by atoms with Gasteiger partial charge in [-0.25, -0.2) is 0 Å². The first kappa shape index (κ1) is 15.1. The van der Waals surface area contributed by atoms with Gasteiger partial charge in [0.1, 0.15) is 0 Å². The number of rotatable bonds is 6. The third kappa shape index (κ3) is 3.84. The van der Waals surface area contributed by atoms with Gasteiger partial charge in [-0.15, -0.1) is 0 Å². The zero-order chi connectivity index (χ0) is 15.2. The third-order valence-corrected chi connectivity index (χ3v) is 3.50. The van der Waals surface area contributed by atoms with Crippen molar-refractivity contribution in [1.29, 1.82) is 0 Å². The first-order chi connectivity index (χ1) is 10.1. The van der Waals surface area contributed by atoms with Crippen molar-refractivity contribution in [3.63, 3.8) is 0 Å². The van der Waals surface area contributed by atoms with Gasteiger partial charge in [0.25, 0.3) is 0 Å². The van der Waals surface area contributed by atoms with E-state index in [2.05, 4.69) is 5.32 Å². The number of benzene rings is 1. The number of amides is 1. The minimum absolute atomic E-state index is 0.0730. The van der Waals surface area contributed by atoms with Crippen LogP contribution in [0, 0.1) is 10.1 Å². The highest BCUT2D eigenvalue weighted by molar-refractivity contribution is 5.77. The molecule has 0 atom stereocenters. The van der Waals surface area contributed by atoms with Crippen molar-refractivity contribution >= 4 is 17.3 Å². The second-order valence-corrected chi connectivity index (χ2v) is 4.91. The van der Waals surface area contributed by atoms with E-state index >= 15 is 0 Å². The Balaban J connectivity index is 1.88. The molecule has 2 rings (SSSR count). The number of nitrogens with zero attached hydrogens (tertiary/aromatic N) is 2. The van der Waals surface area contributed by atoms with Gasteiger partial charge in [0.15, 0.2) is 5.75 Å². The normalized spacial score (nSPS) is 14.0. The van der Waals surface area contributed by atoms with Crippen LogP contribution in [0.4, 0.5) is 11.4 Å². The number of hydrogen-bond acceptors (Lipinski definition) is 5. The van der Waals surface area contributed by atoms with Crippen LogP contribution in [-0.2, 0) is 4.79 Å². The standard InChI is InChI=1S/C14H19N3O4/c1-21-13-10-11(4-5-12(13)17(19)20)15-7-6-14(18)16-8-2-3-9-16/h4-5,10,15H,2-3,6-9H2,1H3. The Morgan fingerprint density at radius 1 is 1.43 bits per heavy atom. The molecule has 1 N–H and O–H groups in total. The molecule has 1 aliphatic rings. The number of carbonyl (C=O) groups excluding carboxylic acids is 1. The first-order valence-corrected chi connectivity index (χ1v) is 6.96. The number of methoxy groups -OCH3 is 1. The van der Waals surface area contributed by atoms with Gasteiger partial charge >= 0.3 is 5.69 Å². The minimum atomic E-state index is -0.487. The topological polar surface area (TPSA) is 84.7 Å². The lowest BCUT2D eigenvalue weighted by atomic mass is 10.2. The van der Waals surface area contributed by atoms with E-state index in [-0.39, 0.29) is 17.3 Å². The fraction of sp³-hybridized carbons (Fsp3) is 0.500. The van der Waals surface area contributed by atoms with E-state index in [0.29, 0.717) is 18.7 Å². The maximum atomic E-state index is 11.9. The highest BCUT2D eigenvalue weighted by Crippen LogP contribution is 2.29. The van der Waals surface area contributed by atoms with Crippen molar-refractivity contribution in [2.24, 2.45) is 0 Å². The molecule has 1 heterocycles. The number of hydrogen-bond donors (Lipinski definition) is 1. The van der Waals surface area contributed by atoms with E-state index in [1.165, 1.54) is 13.2 Å². The molecule has 1 aliphatic heterocycles. The van der Waals surface area contributed by atoms with E-state index < -0.39 is 4.92 Å². The van der Waals surface area contributed by atoms with Crippen LogP contribution < -0.4 is 10.1 Å². The SMILES string of the molecule is COc1cc(NCCC(=O)N2CCCC2)ccc1[N+](=O)[O-]. The molecule has 1 amide bonds. The molecule has 1 aromatic rings. The van der Waals surface area contributed by atoms with E-state index in [1.807, 2.05) is 4.90 Å². The second kappa shape index (κ2) is 6.92. The maximum absolute atomic E-state index is 11.9. The van der Waals surface area contributed by atoms with Gasteiger partial charge in [-0.05, 0) is 18.9 Å². The van der Waals surface area contributed by atoms with Crippen LogP contribution in [0.15, 0.2) is 18.2 Å². The second-order valence-electron chi connectivity index (χ2n) is 4.91. The number of carbonyl (C=O) groups is 1. The van der Waals surface area contributed by atoms with Gasteiger partial charge < -0.3 is 15.0 Å². The highest BCUT2D eigenvalue weighted by atomic mass is 16.6. The molecule has 114 valence electrons. The molecule has 0 aromatic heterocycles. The smallest absolute Gasteiger partial charge is 0.311 e. The van der Waals surface area contributed by atoms with Crippen molar-refractivity contribution in [3.05, 3.63) is 28.3 Å². The molecule has 0 bridgehead atoms. The molecular weight excluding hydrogens is 274 g/mol. The Hall–Kier alpha value is -2.31. The molecule has 0 radical (unpaired) electrons. The molecule has 7 heteroatoms. The summed E-state index contributed by atoms with van der Waals surface area (Å²) in [7, 11) is 1.39. The summed E-state index contributed by atoms with van der Waals surface area (Å²) in [4.78, 5) is 24.1. The first-order valence-electron chi connectivity index (χ1n) is 6.96. The molecule has 0 spiro atoms. The van der Waals surface area contributed by atoms with E-state index in [4.69, 9.17) is 4.74 Å². The van der Waals surface area contributed by atoms with Crippen molar-refractivity contribution in [1.82, 2.24) is 4.90 Å². The van der Waals surface area contributed by atoms with Gasteiger partial charge in [0, 0.05) is 43.9 Å². The summed E-state index contributed by atoms with van der Waals surface area (Å²) >= 11 is 0. The third-order valence-electron chi connectivity index (χ3n) is 3.50. The van der Waals surface area contributed by atoms with Gasteiger partial charge in [0.2, 0.25) is 5.91 Å². The van der Waals surface area contributed by atoms with Crippen LogP contribution in [-0.4, -0.2) is 42.5 Å². The van der Waals surface area contributed by atoms with Crippen LogP contribution in [0.25, 0.3) is 0 Å².